The number of ketones is 2. The molecule has 0 amide bonds. The van der Waals surface area contributed by atoms with Crippen molar-refractivity contribution in [2.24, 2.45) is 0 Å². The van der Waals surface area contributed by atoms with Crippen LogP contribution in [0.15, 0.2) is 78.9 Å². The molecular formula is C22H18O2. The highest BCUT2D eigenvalue weighted by molar-refractivity contribution is 6.07. The molecule has 0 aliphatic carbocycles. The summed E-state index contributed by atoms with van der Waals surface area (Å²) in [6.45, 7) is 1.43. The van der Waals surface area contributed by atoms with Crippen molar-refractivity contribution in [2.75, 3.05) is 0 Å². The molecule has 0 fully saturated rings. The van der Waals surface area contributed by atoms with Gasteiger partial charge in [-0.05, 0) is 29.2 Å². The molecule has 0 bridgehead atoms. The molecule has 2 nitrogen and oxygen atoms in total. The van der Waals surface area contributed by atoms with Crippen LogP contribution in [0.2, 0.25) is 0 Å². The molecule has 3 aromatic rings. The smallest absolute Gasteiger partial charge is 0.170 e. The number of benzene rings is 3. The van der Waals surface area contributed by atoms with Crippen LogP contribution in [0.5, 0.6) is 0 Å². The Morgan fingerprint density at radius 3 is 1.50 bits per heavy atom. The first kappa shape index (κ1) is 15.9. The molecule has 0 heterocycles. The van der Waals surface area contributed by atoms with Crippen molar-refractivity contribution in [1.29, 1.82) is 0 Å². The Hall–Kier alpha value is -3.00. The summed E-state index contributed by atoms with van der Waals surface area (Å²) in [7, 11) is 0. The Balaban J connectivity index is 1.80. The van der Waals surface area contributed by atoms with Gasteiger partial charge < -0.3 is 0 Å². The second kappa shape index (κ2) is 7.05. The number of hydrogen-bond donors (Lipinski definition) is 0. The van der Waals surface area contributed by atoms with E-state index in [1.165, 1.54) is 18.1 Å². The molecule has 24 heavy (non-hydrogen) atoms. The molecule has 0 unspecified atom stereocenters. The zero-order valence-electron chi connectivity index (χ0n) is 13.5. The lowest BCUT2D eigenvalue weighted by Crippen LogP contribution is -2.04. The van der Waals surface area contributed by atoms with Gasteiger partial charge in [-0.1, -0.05) is 78.9 Å². The summed E-state index contributed by atoms with van der Waals surface area (Å²) in [6.07, 6.45) is -0.0366. The maximum absolute atomic E-state index is 11.9. The van der Waals surface area contributed by atoms with E-state index in [9.17, 15) is 9.59 Å². The Bertz CT molecular complexity index is 845. The third-order valence-corrected chi connectivity index (χ3v) is 3.94. The summed E-state index contributed by atoms with van der Waals surface area (Å²) in [5.74, 6) is -0.242. The topological polar surface area (TPSA) is 34.1 Å². The summed E-state index contributed by atoms with van der Waals surface area (Å²) in [5, 5.41) is 0. The van der Waals surface area contributed by atoms with E-state index in [2.05, 4.69) is 36.4 Å². The zero-order chi connectivity index (χ0) is 16.9. The van der Waals surface area contributed by atoms with Crippen molar-refractivity contribution < 1.29 is 9.59 Å². The van der Waals surface area contributed by atoms with E-state index in [4.69, 9.17) is 0 Å². The zero-order valence-corrected chi connectivity index (χ0v) is 13.5. The van der Waals surface area contributed by atoms with Gasteiger partial charge in [0, 0.05) is 5.56 Å². The fourth-order valence-corrected chi connectivity index (χ4v) is 2.66. The van der Waals surface area contributed by atoms with Gasteiger partial charge in [-0.15, -0.1) is 0 Å². The van der Waals surface area contributed by atoms with Crippen LogP contribution < -0.4 is 0 Å². The van der Waals surface area contributed by atoms with Crippen LogP contribution in [-0.2, 0) is 4.79 Å². The van der Waals surface area contributed by atoms with E-state index in [1.807, 2.05) is 30.3 Å². The second-order valence-corrected chi connectivity index (χ2v) is 5.82. The van der Waals surface area contributed by atoms with Crippen molar-refractivity contribution >= 4 is 11.6 Å². The predicted molar refractivity (Wildman–Crippen MR) is 96.9 cm³/mol. The van der Waals surface area contributed by atoms with Crippen LogP contribution in [0.1, 0.15) is 23.7 Å². The first-order valence-electron chi connectivity index (χ1n) is 7.92. The lowest BCUT2D eigenvalue weighted by Gasteiger charge is -2.06. The molecule has 0 N–H and O–H groups in total. The van der Waals surface area contributed by atoms with E-state index in [0.717, 1.165) is 11.1 Å². The quantitative estimate of drug-likeness (QED) is 0.480. The number of rotatable bonds is 5. The van der Waals surface area contributed by atoms with Gasteiger partial charge in [0.25, 0.3) is 0 Å². The molecule has 0 saturated carbocycles. The Labute approximate surface area is 141 Å². The molecule has 0 aliphatic heterocycles. The fourth-order valence-electron chi connectivity index (χ4n) is 2.66. The van der Waals surface area contributed by atoms with Crippen LogP contribution in [0, 0.1) is 0 Å². The second-order valence-electron chi connectivity index (χ2n) is 5.82. The maximum Gasteiger partial charge on any atom is 0.170 e. The molecule has 0 atom stereocenters. The van der Waals surface area contributed by atoms with Crippen LogP contribution in [0.4, 0.5) is 0 Å². The van der Waals surface area contributed by atoms with Crippen LogP contribution in [0.25, 0.3) is 22.3 Å². The minimum atomic E-state index is -0.131. The largest absolute Gasteiger partial charge is 0.300 e. The van der Waals surface area contributed by atoms with E-state index in [0.29, 0.717) is 5.56 Å². The van der Waals surface area contributed by atoms with Crippen molar-refractivity contribution in [2.45, 2.75) is 13.3 Å². The molecule has 0 aliphatic rings. The summed E-state index contributed by atoms with van der Waals surface area (Å²) in [6, 6.07) is 26.0. The molecule has 0 spiro atoms. The van der Waals surface area contributed by atoms with Crippen molar-refractivity contribution in [3.8, 4) is 22.3 Å². The van der Waals surface area contributed by atoms with Gasteiger partial charge in [0.2, 0.25) is 0 Å². The number of carbonyl (C=O) groups is 2. The minimum Gasteiger partial charge on any atom is -0.300 e. The molecule has 3 rings (SSSR count). The molecule has 0 saturated heterocycles. The molecule has 3 aromatic carbocycles. The van der Waals surface area contributed by atoms with Crippen molar-refractivity contribution in [1.82, 2.24) is 0 Å². The number of carbonyl (C=O) groups excluding carboxylic acids is 2. The van der Waals surface area contributed by atoms with E-state index in [-0.39, 0.29) is 18.0 Å². The van der Waals surface area contributed by atoms with Crippen LogP contribution in [0.3, 0.4) is 0 Å². The molecular weight excluding hydrogens is 296 g/mol. The van der Waals surface area contributed by atoms with E-state index in [1.54, 1.807) is 12.1 Å². The van der Waals surface area contributed by atoms with Crippen LogP contribution in [-0.4, -0.2) is 11.6 Å². The predicted octanol–water partition coefficient (Wildman–Crippen LogP) is 5.18. The Morgan fingerprint density at radius 1 is 0.625 bits per heavy atom. The summed E-state index contributed by atoms with van der Waals surface area (Å²) >= 11 is 0. The maximum atomic E-state index is 11.9. The summed E-state index contributed by atoms with van der Waals surface area (Å²) < 4.78 is 0. The van der Waals surface area contributed by atoms with Gasteiger partial charge in [0.05, 0.1) is 6.42 Å². The molecule has 0 radical (unpaired) electrons. The van der Waals surface area contributed by atoms with Crippen molar-refractivity contribution in [3.05, 3.63) is 84.4 Å². The van der Waals surface area contributed by atoms with Gasteiger partial charge in [-0.2, -0.15) is 0 Å². The number of Topliss-reactive ketones (excluding diaryl/α,β-unsaturated/α-hetero) is 2. The van der Waals surface area contributed by atoms with E-state index < -0.39 is 0 Å². The Morgan fingerprint density at radius 2 is 1.04 bits per heavy atom. The monoisotopic (exact) mass is 314 g/mol. The van der Waals surface area contributed by atoms with Gasteiger partial charge in [0.15, 0.2) is 5.78 Å². The van der Waals surface area contributed by atoms with Gasteiger partial charge in [0.1, 0.15) is 5.78 Å². The van der Waals surface area contributed by atoms with Gasteiger partial charge in [-0.25, -0.2) is 0 Å². The summed E-state index contributed by atoms with van der Waals surface area (Å²) in [4.78, 5) is 22.9. The third-order valence-electron chi connectivity index (χ3n) is 3.94. The van der Waals surface area contributed by atoms with Gasteiger partial charge in [-0.3, -0.25) is 9.59 Å². The molecule has 0 aromatic heterocycles. The Kier molecular flexibility index (Phi) is 4.66. The highest BCUT2D eigenvalue weighted by atomic mass is 16.1. The van der Waals surface area contributed by atoms with Crippen molar-refractivity contribution in [3.63, 3.8) is 0 Å². The van der Waals surface area contributed by atoms with Gasteiger partial charge >= 0.3 is 0 Å². The average Bonchev–Trinajstić information content (AvgIpc) is 2.62. The van der Waals surface area contributed by atoms with E-state index >= 15 is 0 Å². The highest BCUT2D eigenvalue weighted by Gasteiger charge is 2.08. The first-order chi connectivity index (χ1) is 11.6. The minimum absolute atomic E-state index is 0.0366. The SMILES string of the molecule is CC(=O)CC(=O)c1ccc(-c2ccc(-c3ccccc3)cc2)cc1. The summed E-state index contributed by atoms with van der Waals surface area (Å²) in [5.41, 5.74) is 5.09. The average molecular weight is 314 g/mol. The fraction of sp³-hybridized carbons (Fsp3) is 0.0909. The molecule has 2 heteroatoms. The van der Waals surface area contributed by atoms with Crippen LogP contribution >= 0.6 is 0 Å². The number of hydrogen-bond acceptors (Lipinski definition) is 2. The lowest BCUT2D eigenvalue weighted by atomic mass is 9.98. The molecule has 118 valence electrons. The normalized spacial score (nSPS) is 10.4. The third kappa shape index (κ3) is 3.66. The highest BCUT2D eigenvalue weighted by Crippen LogP contribution is 2.25. The standard InChI is InChI=1S/C22H18O2/c1-16(23)15-22(24)21-13-11-20(12-14-21)19-9-7-18(8-10-19)17-5-3-2-4-6-17/h2-14H,15H2,1H3. The lowest BCUT2D eigenvalue weighted by molar-refractivity contribution is -0.116. The first-order valence-corrected chi connectivity index (χ1v) is 7.92.